The SMILES string of the molecule is OCc1ccc(CN2CCC(c3nnc(-c4ccco4)o3)C2)o1. The van der Waals surface area contributed by atoms with Crippen molar-refractivity contribution in [1.82, 2.24) is 15.1 Å². The third-order valence-electron chi connectivity index (χ3n) is 4.05. The highest BCUT2D eigenvalue weighted by molar-refractivity contribution is 5.42. The van der Waals surface area contributed by atoms with Crippen molar-refractivity contribution in [3.63, 3.8) is 0 Å². The molecule has 0 amide bonds. The molecule has 1 aliphatic rings. The minimum absolute atomic E-state index is 0.0693. The smallest absolute Gasteiger partial charge is 0.283 e. The monoisotopic (exact) mass is 315 g/mol. The Labute approximate surface area is 132 Å². The maximum absolute atomic E-state index is 9.04. The van der Waals surface area contributed by atoms with Crippen LogP contribution >= 0.6 is 0 Å². The number of hydrogen-bond donors (Lipinski definition) is 1. The van der Waals surface area contributed by atoms with Gasteiger partial charge in [0, 0.05) is 6.54 Å². The summed E-state index contributed by atoms with van der Waals surface area (Å²) in [4.78, 5) is 2.28. The molecule has 0 aliphatic carbocycles. The van der Waals surface area contributed by atoms with Gasteiger partial charge in [0.25, 0.3) is 5.89 Å². The Bertz CT molecular complexity index is 762. The first-order valence-corrected chi connectivity index (χ1v) is 7.60. The van der Waals surface area contributed by atoms with Gasteiger partial charge in [-0.25, -0.2) is 0 Å². The van der Waals surface area contributed by atoms with E-state index in [1.54, 1.807) is 24.5 Å². The molecule has 1 aliphatic heterocycles. The van der Waals surface area contributed by atoms with Crippen LogP contribution < -0.4 is 0 Å². The standard InChI is InChI=1S/C16H17N3O4/c20-10-13-4-3-12(22-13)9-19-6-5-11(8-19)15-17-18-16(23-15)14-2-1-7-21-14/h1-4,7,11,20H,5-6,8-10H2. The zero-order valence-electron chi connectivity index (χ0n) is 12.5. The first-order chi connectivity index (χ1) is 11.3. The minimum atomic E-state index is -0.0693. The summed E-state index contributed by atoms with van der Waals surface area (Å²) in [6.45, 7) is 2.43. The van der Waals surface area contributed by atoms with Crippen LogP contribution in [0.25, 0.3) is 11.7 Å². The Hall–Kier alpha value is -2.38. The molecule has 0 bridgehead atoms. The lowest BCUT2D eigenvalue weighted by atomic mass is 10.1. The first-order valence-electron chi connectivity index (χ1n) is 7.60. The largest absolute Gasteiger partial charge is 0.462 e. The Morgan fingerprint density at radius 2 is 2.09 bits per heavy atom. The Morgan fingerprint density at radius 1 is 1.17 bits per heavy atom. The molecule has 1 saturated heterocycles. The zero-order valence-corrected chi connectivity index (χ0v) is 12.5. The third kappa shape index (κ3) is 2.93. The Kier molecular flexibility index (Phi) is 3.72. The molecule has 7 heteroatoms. The molecule has 0 aromatic carbocycles. The van der Waals surface area contributed by atoms with Crippen molar-refractivity contribution in [1.29, 1.82) is 0 Å². The van der Waals surface area contributed by atoms with E-state index in [2.05, 4.69) is 15.1 Å². The number of aromatic nitrogens is 2. The molecule has 3 aromatic rings. The second-order valence-electron chi connectivity index (χ2n) is 5.67. The van der Waals surface area contributed by atoms with Crippen LogP contribution in [0.3, 0.4) is 0 Å². The quantitative estimate of drug-likeness (QED) is 0.773. The maximum Gasteiger partial charge on any atom is 0.283 e. The second kappa shape index (κ2) is 6.02. The fourth-order valence-electron chi connectivity index (χ4n) is 2.89. The summed E-state index contributed by atoms with van der Waals surface area (Å²) in [6.07, 6.45) is 2.55. The third-order valence-corrected chi connectivity index (χ3v) is 4.05. The molecule has 0 spiro atoms. The maximum atomic E-state index is 9.04. The van der Waals surface area contributed by atoms with Crippen molar-refractivity contribution in [3.05, 3.63) is 47.9 Å². The molecule has 0 saturated carbocycles. The number of hydrogen-bond acceptors (Lipinski definition) is 7. The molecule has 1 unspecified atom stereocenters. The van der Waals surface area contributed by atoms with Crippen LogP contribution in [-0.2, 0) is 13.2 Å². The number of aliphatic hydroxyl groups is 1. The van der Waals surface area contributed by atoms with Crippen LogP contribution in [0.1, 0.15) is 29.7 Å². The first kappa shape index (κ1) is 14.2. The van der Waals surface area contributed by atoms with Crippen molar-refractivity contribution < 1.29 is 18.4 Å². The van der Waals surface area contributed by atoms with Crippen LogP contribution in [0.5, 0.6) is 0 Å². The zero-order chi connectivity index (χ0) is 15.6. The van der Waals surface area contributed by atoms with E-state index in [1.807, 2.05) is 6.07 Å². The summed E-state index contributed by atoms with van der Waals surface area (Å²) in [6, 6.07) is 7.30. The predicted molar refractivity (Wildman–Crippen MR) is 79.3 cm³/mol. The van der Waals surface area contributed by atoms with Crippen molar-refractivity contribution in [2.24, 2.45) is 0 Å². The normalized spacial score (nSPS) is 18.7. The van der Waals surface area contributed by atoms with Crippen molar-refractivity contribution in [3.8, 4) is 11.7 Å². The average molecular weight is 315 g/mol. The van der Waals surface area contributed by atoms with Gasteiger partial charge < -0.3 is 18.4 Å². The molecule has 0 radical (unpaired) electrons. The number of aliphatic hydroxyl groups excluding tert-OH is 1. The van der Waals surface area contributed by atoms with Gasteiger partial charge in [0.15, 0.2) is 5.76 Å². The molecule has 1 N–H and O–H groups in total. The summed E-state index contributed by atoms with van der Waals surface area (Å²) in [5, 5.41) is 17.2. The summed E-state index contributed by atoms with van der Waals surface area (Å²) in [7, 11) is 0. The molecule has 1 atom stereocenters. The molecule has 120 valence electrons. The molecular formula is C16H17N3O4. The lowest BCUT2D eigenvalue weighted by Gasteiger charge is -2.12. The van der Waals surface area contributed by atoms with Crippen molar-refractivity contribution >= 4 is 0 Å². The van der Waals surface area contributed by atoms with Gasteiger partial charge in [0.1, 0.15) is 18.1 Å². The number of nitrogens with zero attached hydrogens (tertiary/aromatic N) is 3. The number of likely N-dealkylation sites (tertiary alicyclic amines) is 1. The van der Waals surface area contributed by atoms with E-state index in [0.29, 0.717) is 23.3 Å². The van der Waals surface area contributed by atoms with Crippen LogP contribution in [0.2, 0.25) is 0 Å². The van der Waals surface area contributed by atoms with Crippen LogP contribution in [0.4, 0.5) is 0 Å². The highest BCUT2D eigenvalue weighted by Gasteiger charge is 2.29. The van der Waals surface area contributed by atoms with Crippen LogP contribution in [0.15, 0.2) is 43.8 Å². The molecule has 1 fully saturated rings. The highest BCUT2D eigenvalue weighted by atomic mass is 16.4. The van der Waals surface area contributed by atoms with E-state index in [1.165, 1.54) is 0 Å². The summed E-state index contributed by atoms with van der Waals surface area (Å²) in [5.74, 6) is 3.33. The van der Waals surface area contributed by atoms with Gasteiger partial charge >= 0.3 is 0 Å². The second-order valence-corrected chi connectivity index (χ2v) is 5.67. The van der Waals surface area contributed by atoms with Gasteiger partial charge in [0.05, 0.1) is 18.7 Å². The topological polar surface area (TPSA) is 88.7 Å². The summed E-state index contributed by atoms with van der Waals surface area (Å²) < 4.78 is 16.5. The van der Waals surface area contributed by atoms with E-state index in [4.69, 9.17) is 18.4 Å². The van der Waals surface area contributed by atoms with E-state index in [9.17, 15) is 0 Å². The van der Waals surface area contributed by atoms with Crippen molar-refractivity contribution in [2.75, 3.05) is 13.1 Å². The summed E-state index contributed by atoms with van der Waals surface area (Å²) in [5.41, 5.74) is 0. The van der Waals surface area contributed by atoms with Gasteiger partial charge in [-0.1, -0.05) is 0 Å². The molecular weight excluding hydrogens is 298 g/mol. The van der Waals surface area contributed by atoms with Crippen molar-refractivity contribution in [2.45, 2.75) is 25.5 Å². The van der Waals surface area contributed by atoms with Gasteiger partial charge in [0.2, 0.25) is 5.89 Å². The molecule has 7 nitrogen and oxygen atoms in total. The van der Waals surface area contributed by atoms with E-state index in [-0.39, 0.29) is 12.5 Å². The van der Waals surface area contributed by atoms with Crippen LogP contribution in [-0.4, -0.2) is 33.3 Å². The van der Waals surface area contributed by atoms with Gasteiger partial charge in [-0.15, -0.1) is 10.2 Å². The van der Waals surface area contributed by atoms with Gasteiger partial charge in [-0.3, -0.25) is 4.90 Å². The Balaban J connectivity index is 1.40. The lowest BCUT2D eigenvalue weighted by molar-refractivity contribution is 0.231. The van der Waals surface area contributed by atoms with Gasteiger partial charge in [-0.05, 0) is 37.2 Å². The Morgan fingerprint density at radius 3 is 2.87 bits per heavy atom. The fourth-order valence-corrected chi connectivity index (χ4v) is 2.89. The highest BCUT2D eigenvalue weighted by Crippen LogP contribution is 2.29. The minimum Gasteiger partial charge on any atom is -0.462 e. The lowest BCUT2D eigenvalue weighted by Crippen LogP contribution is -2.19. The number of furan rings is 2. The summed E-state index contributed by atoms with van der Waals surface area (Å²) >= 11 is 0. The van der Waals surface area contributed by atoms with Gasteiger partial charge in [-0.2, -0.15) is 0 Å². The number of rotatable bonds is 5. The van der Waals surface area contributed by atoms with E-state index >= 15 is 0 Å². The fraction of sp³-hybridized carbons (Fsp3) is 0.375. The molecule has 4 rings (SSSR count). The molecule has 23 heavy (non-hydrogen) atoms. The van der Waals surface area contributed by atoms with Crippen LogP contribution in [0, 0.1) is 0 Å². The average Bonchev–Trinajstić information content (AvgIpc) is 3.34. The predicted octanol–water partition coefficient (Wildman–Crippen LogP) is 2.40. The van der Waals surface area contributed by atoms with E-state index in [0.717, 1.165) is 31.8 Å². The van der Waals surface area contributed by atoms with E-state index < -0.39 is 0 Å². The molecule has 4 heterocycles. The molecule has 3 aromatic heterocycles.